The summed E-state index contributed by atoms with van der Waals surface area (Å²) >= 11 is 0. The number of rotatable bonds is 3. The Hall–Kier alpha value is -2.36. The van der Waals surface area contributed by atoms with E-state index in [2.05, 4.69) is 45.8 Å². The van der Waals surface area contributed by atoms with Gasteiger partial charge in [0.25, 0.3) is 0 Å². The number of anilines is 1. The van der Waals surface area contributed by atoms with Crippen LogP contribution >= 0.6 is 0 Å². The van der Waals surface area contributed by atoms with Gasteiger partial charge in [-0.2, -0.15) is 0 Å². The van der Waals surface area contributed by atoms with Gasteiger partial charge >= 0.3 is 0 Å². The third-order valence-electron chi connectivity index (χ3n) is 2.92. The van der Waals surface area contributed by atoms with Crippen molar-refractivity contribution in [3.8, 4) is 5.69 Å². The predicted molar refractivity (Wildman–Crippen MR) is 77.6 cm³/mol. The predicted octanol–water partition coefficient (Wildman–Crippen LogP) is 3.24. The molecular formula is C15H16N4. The quantitative estimate of drug-likeness (QED) is 0.778. The molecule has 0 amide bonds. The molecule has 0 fully saturated rings. The van der Waals surface area contributed by atoms with Crippen molar-refractivity contribution in [1.82, 2.24) is 14.5 Å². The maximum absolute atomic E-state index is 4.55. The normalized spacial score (nSPS) is 11.1. The van der Waals surface area contributed by atoms with Crippen LogP contribution in [-0.2, 0) is 0 Å². The molecule has 0 atom stereocenters. The largest absolute Gasteiger partial charge is 0.382 e. The van der Waals surface area contributed by atoms with E-state index in [0.29, 0.717) is 6.04 Å². The van der Waals surface area contributed by atoms with Gasteiger partial charge in [-0.05, 0) is 38.1 Å². The van der Waals surface area contributed by atoms with Gasteiger partial charge in [0.2, 0.25) is 0 Å². The first kappa shape index (κ1) is 11.7. The van der Waals surface area contributed by atoms with Crippen LogP contribution in [0.3, 0.4) is 0 Å². The Kier molecular flexibility index (Phi) is 2.91. The maximum Gasteiger partial charge on any atom is 0.144 e. The topological polar surface area (TPSA) is 42.7 Å². The monoisotopic (exact) mass is 252 g/mol. The summed E-state index contributed by atoms with van der Waals surface area (Å²) in [6.45, 7) is 4.23. The molecule has 4 heteroatoms. The molecule has 3 rings (SSSR count). The van der Waals surface area contributed by atoms with Crippen LogP contribution in [0.4, 0.5) is 5.69 Å². The summed E-state index contributed by atoms with van der Waals surface area (Å²) in [5, 5.41) is 4.49. The van der Waals surface area contributed by atoms with E-state index in [-0.39, 0.29) is 0 Å². The molecule has 4 nitrogen and oxygen atoms in total. The molecule has 3 aromatic rings. The molecule has 0 aliphatic rings. The second-order valence-corrected chi connectivity index (χ2v) is 4.83. The summed E-state index contributed by atoms with van der Waals surface area (Å²) in [6.07, 6.45) is 7.48. The minimum absolute atomic E-state index is 0.404. The van der Waals surface area contributed by atoms with E-state index in [9.17, 15) is 0 Å². The van der Waals surface area contributed by atoms with E-state index in [1.807, 2.05) is 24.5 Å². The molecule has 3 heterocycles. The maximum atomic E-state index is 4.55. The molecule has 0 saturated carbocycles. The lowest BCUT2D eigenvalue weighted by Gasteiger charge is -2.10. The lowest BCUT2D eigenvalue weighted by molar-refractivity contribution is 0.898. The number of pyridine rings is 2. The van der Waals surface area contributed by atoms with Crippen LogP contribution in [0.1, 0.15) is 13.8 Å². The number of aromatic nitrogens is 3. The van der Waals surface area contributed by atoms with Crippen molar-refractivity contribution >= 4 is 16.7 Å². The minimum atomic E-state index is 0.404. The first-order chi connectivity index (χ1) is 9.24. The molecule has 3 aromatic heterocycles. The Balaban J connectivity index is 2.05. The molecule has 0 radical (unpaired) electrons. The Morgan fingerprint density at radius 2 is 1.95 bits per heavy atom. The fourth-order valence-electron chi connectivity index (χ4n) is 2.15. The van der Waals surface area contributed by atoms with Gasteiger partial charge in [0.1, 0.15) is 5.65 Å². The summed E-state index contributed by atoms with van der Waals surface area (Å²) in [6, 6.07) is 8.55. The van der Waals surface area contributed by atoms with Gasteiger partial charge in [0.05, 0.1) is 17.6 Å². The Morgan fingerprint density at radius 1 is 1.16 bits per heavy atom. The number of nitrogens with zero attached hydrogens (tertiary/aromatic N) is 3. The zero-order valence-electron chi connectivity index (χ0n) is 11.0. The van der Waals surface area contributed by atoms with Gasteiger partial charge in [-0.1, -0.05) is 0 Å². The average Bonchev–Trinajstić information content (AvgIpc) is 2.82. The van der Waals surface area contributed by atoms with Crippen molar-refractivity contribution in [3.05, 3.63) is 49.1 Å². The molecule has 0 spiro atoms. The molecule has 19 heavy (non-hydrogen) atoms. The van der Waals surface area contributed by atoms with E-state index in [4.69, 9.17) is 0 Å². The highest BCUT2D eigenvalue weighted by Crippen LogP contribution is 2.21. The van der Waals surface area contributed by atoms with Crippen molar-refractivity contribution in [1.29, 1.82) is 0 Å². The second kappa shape index (κ2) is 4.72. The van der Waals surface area contributed by atoms with E-state index in [0.717, 1.165) is 22.4 Å². The highest BCUT2D eigenvalue weighted by molar-refractivity contribution is 5.81. The molecule has 0 unspecified atom stereocenters. The molecule has 96 valence electrons. The Bertz CT molecular complexity index is 686. The molecule has 0 aromatic carbocycles. The molecule has 0 bridgehead atoms. The zero-order chi connectivity index (χ0) is 13.2. The van der Waals surface area contributed by atoms with Gasteiger partial charge in [-0.25, -0.2) is 4.98 Å². The summed E-state index contributed by atoms with van der Waals surface area (Å²) in [5.41, 5.74) is 3.08. The van der Waals surface area contributed by atoms with Crippen LogP contribution in [0.25, 0.3) is 16.7 Å². The summed E-state index contributed by atoms with van der Waals surface area (Å²) in [4.78, 5) is 8.59. The molecular weight excluding hydrogens is 236 g/mol. The van der Waals surface area contributed by atoms with E-state index < -0.39 is 0 Å². The SMILES string of the molecule is CC(C)Nc1cnc2c(ccn2-c2ccncc2)c1. The Morgan fingerprint density at radius 3 is 2.68 bits per heavy atom. The molecule has 0 aliphatic carbocycles. The van der Waals surface area contributed by atoms with E-state index >= 15 is 0 Å². The molecule has 0 saturated heterocycles. The third kappa shape index (κ3) is 2.29. The van der Waals surface area contributed by atoms with Gasteiger partial charge in [0.15, 0.2) is 0 Å². The van der Waals surface area contributed by atoms with Gasteiger partial charge < -0.3 is 9.88 Å². The van der Waals surface area contributed by atoms with Crippen LogP contribution in [-0.4, -0.2) is 20.6 Å². The standard InChI is InChI=1S/C15H16N4/c1-11(2)18-13-9-12-5-8-19(15(12)17-10-13)14-3-6-16-7-4-14/h3-11,18H,1-2H3. The summed E-state index contributed by atoms with van der Waals surface area (Å²) < 4.78 is 2.07. The first-order valence-electron chi connectivity index (χ1n) is 6.38. The fraction of sp³-hybridized carbons (Fsp3) is 0.200. The van der Waals surface area contributed by atoms with Crippen LogP contribution in [0.2, 0.25) is 0 Å². The van der Waals surface area contributed by atoms with Crippen molar-refractivity contribution < 1.29 is 0 Å². The minimum Gasteiger partial charge on any atom is -0.382 e. The number of hydrogen-bond donors (Lipinski definition) is 1. The van der Waals surface area contributed by atoms with Crippen LogP contribution < -0.4 is 5.32 Å². The zero-order valence-corrected chi connectivity index (χ0v) is 11.0. The van der Waals surface area contributed by atoms with Crippen molar-refractivity contribution in [3.63, 3.8) is 0 Å². The highest BCUT2D eigenvalue weighted by atomic mass is 15.0. The van der Waals surface area contributed by atoms with Crippen molar-refractivity contribution in [2.75, 3.05) is 5.32 Å². The molecule has 1 N–H and O–H groups in total. The average molecular weight is 252 g/mol. The number of fused-ring (bicyclic) bond motifs is 1. The summed E-state index contributed by atoms with van der Waals surface area (Å²) in [5.74, 6) is 0. The third-order valence-corrected chi connectivity index (χ3v) is 2.92. The number of hydrogen-bond acceptors (Lipinski definition) is 3. The van der Waals surface area contributed by atoms with Crippen LogP contribution in [0.15, 0.2) is 49.1 Å². The van der Waals surface area contributed by atoms with Crippen LogP contribution in [0, 0.1) is 0 Å². The first-order valence-corrected chi connectivity index (χ1v) is 6.38. The lowest BCUT2D eigenvalue weighted by Crippen LogP contribution is -2.09. The fourth-order valence-corrected chi connectivity index (χ4v) is 2.15. The van der Waals surface area contributed by atoms with Gasteiger partial charge in [-0.3, -0.25) is 4.98 Å². The molecule has 0 aliphatic heterocycles. The highest BCUT2D eigenvalue weighted by Gasteiger charge is 2.05. The van der Waals surface area contributed by atoms with Crippen LogP contribution in [0.5, 0.6) is 0 Å². The van der Waals surface area contributed by atoms with E-state index in [1.54, 1.807) is 12.4 Å². The van der Waals surface area contributed by atoms with E-state index in [1.165, 1.54) is 0 Å². The lowest BCUT2D eigenvalue weighted by atomic mass is 10.3. The Labute approximate surface area is 112 Å². The van der Waals surface area contributed by atoms with Gasteiger partial charge in [-0.15, -0.1) is 0 Å². The smallest absolute Gasteiger partial charge is 0.144 e. The number of nitrogens with one attached hydrogen (secondary N) is 1. The van der Waals surface area contributed by atoms with Gasteiger partial charge in [0, 0.05) is 30.0 Å². The van der Waals surface area contributed by atoms with Crippen molar-refractivity contribution in [2.45, 2.75) is 19.9 Å². The second-order valence-electron chi connectivity index (χ2n) is 4.83. The van der Waals surface area contributed by atoms with Crippen molar-refractivity contribution in [2.24, 2.45) is 0 Å². The summed E-state index contributed by atoms with van der Waals surface area (Å²) in [7, 11) is 0.